The Morgan fingerprint density at radius 2 is 1.62 bits per heavy atom. The molecule has 6 N–H and O–H groups in total. The quantitative estimate of drug-likeness (QED) is 0.100. The summed E-state index contributed by atoms with van der Waals surface area (Å²) in [5, 5.41) is 36.3. The highest BCUT2D eigenvalue weighted by Gasteiger charge is 2.37. The third-order valence-electron chi connectivity index (χ3n) is 8.59. The molecule has 15 heteroatoms. The average molecular weight is 742 g/mol. The second-order valence-electron chi connectivity index (χ2n) is 13.7. The minimum absolute atomic E-state index is 0.00303. The van der Waals surface area contributed by atoms with Crippen LogP contribution < -0.4 is 16.0 Å². The maximum Gasteiger partial charge on any atom is 0.326 e. The normalized spacial score (nSPS) is 13.1. The molecule has 0 aliphatic heterocycles. The molecule has 0 aliphatic carbocycles. The number of hydrogen-bond acceptors (Lipinski definition) is 7. The third-order valence-corrected chi connectivity index (χ3v) is 8.59. The maximum absolute atomic E-state index is 15.1. The summed E-state index contributed by atoms with van der Waals surface area (Å²) in [6, 6.07) is 11.4. The van der Waals surface area contributed by atoms with E-state index < -0.39 is 77.9 Å². The summed E-state index contributed by atoms with van der Waals surface area (Å²) in [5.74, 6) is -5.60. The molecule has 13 nitrogen and oxygen atoms in total. The number of nitrogens with zero attached hydrogens (tertiary/aromatic N) is 2. The van der Waals surface area contributed by atoms with Crippen molar-refractivity contribution >= 4 is 29.7 Å². The maximum atomic E-state index is 15.1. The van der Waals surface area contributed by atoms with Crippen molar-refractivity contribution in [2.75, 3.05) is 26.2 Å². The number of rotatable bonds is 20. The first kappa shape index (κ1) is 42.3. The second-order valence-corrected chi connectivity index (χ2v) is 13.7. The first-order valence-electron chi connectivity index (χ1n) is 17.4. The molecular weight excluding hydrogens is 692 g/mol. The first-order valence-corrected chi connectivity index (χ1v) is 17.4. The number of hydrogen-bond donors (Lipinski definition) is 6. The topological polar surface area (TPSA) is 190 Å². The van der Waals surface area contributed by atoms with Crippen LogP contribution in [0.3, 0.4) is 0 Å². The van der Waals surface area contributed by atoms with Crippen LogP contribution in [0.2, 0.25) is 0 Å². The van der Waals surface area contributed by atoms with E-state index in [0.29, 0.717) is 24.3 Å². The van der Waals surface area contributed by atoms with Crippen LogP contribution in [-0.4, -0.2) is 92.8 Å². The predicted molar refractivity (Wildman–Crippen MR) is 192 cm³/mol. The van der Waals surface area contributed by atoms with Crippen LogP contribution in [0.4, 0.5) is 8.78 Å². The Morgan fingerprint density at radius 1 is 0.925 bits per heavy atom. The van der Waals surface area contributed by atoms with Crippen LogP contribution in [0.1, 0.15) is 70.7 Å². The van der Waals surface area contributed by atoms with Crippen LogP contribution in [0, 0.1) is 17.0 Å². The van der Waals surface area contributed by atoms with E-state index in [-0.39, 0.29) is 37.9 Å². The number of amides is 3. The highest BCUT2D eigenvalue weighted by atomic mass is 19.1. The zero-order valence-corrected chi connectivity index (χ0v) is 30.4. The number of likely N-dealkylation sites (N-methyl/N-ethyl adjacent to an activating group) is 1. The zero-order chi connectivity index (χ0) is 39.3. The number of halogens is 2. The van der Waals surface area contributed by atoms with E-state index >= 15 is 4.39 Å². The largest absolute Gasteiger partial charge is 0.481 e. The summed E-state index contributed by atoms with van der Waals surface area (Å²) in [5.41, 5.74) is 1.28. The third kappa shape index (κ3) is 12.5. The van der Waals surface area contributed by atoms with Gasteiger partial charge in [0.25, 0.3) is 0 Å². The van der Waals surface area contributed by atoms with Crippen LogP contribution in [0.15, 0.2) is 60.8 Å². The molecule has 0 bridgehead atoms. The van der Waals surface area contributed by atoms with Crippen molar-refractivity contribution in [3.8, 4) is 11.1 Å². The Labute approximate surface area is 307 Å². The molecule has 3 aromatic rings. The number of aromatic nitrogens is 1. The monoisotopic (exact) mass is 741 g/mol. The van der Waals surface area contributed by atoms with Gasteiger partial charge in [-0.25, -0.2) is 13.6 Å². The zero-order valence-electron chi connectivity index (χ0n) is 30.4. The van der Waals surface area contributed by atoms with Gasteiger partial charge in [-0.05, 0) is 54.6 Å². The summed E-state index contributed by atoms with van der Waals surface area (Å²) in [4.78, 5) is 63.0. The van der Waals surface area contributed by atoms with Gasteiger partial charge in [0, 0.05) is 55.5 Å². The Bertz CT molecular complexity index is 1730. The summed E-state index contributed by atoms with van der Waals surface area (Å²) in [7, 11) is 0. The van der Waals surface area contributed by atoms with Crippen LogP contribution in [-0.2, 0) is 30.5 Å². The van der Waals surface area contributed by atoms with Gasteiger partial charge in [0.15, 0.2) is 0 Å². The number of carboxylic acid groups (broad SMARTS) is 2. The smallest absolute Gasteiger partial charge is 0.326 e. The van der Waals surface area contributed by atoms with Crippen molar-refractivity contribution in [3.05, 3.63) is 83.7 Å². The lowest BCUT2D eigenvalue weighted by atomic mass is 9.82. The van der Waals surface area contributed by atoms with Gasteiger partial charge in [0.1, 0.15) is 24.3 Å². The molecule has 0 radical (unpaired) electrons. The summed E-state index contributed by atoms with van der Waals surface area (Å²) >= 11 is 0. The van der Waals surface area contributed by atoms with Crippen LogP contribution >= 0.6 is 0 Å². The highest BCUT2D eigenvalue weighted by Crippen LogP contribution is 2.41. The summed E-state index contributed by atoms with van der Waals surface area (Å²) in [6.07, 6.45) is 0.774. The van der Waals surface area contributed by atoms with Crippen molar-refractivity contribution in [1.29, 1.82) is 0 Å². The molecule has 0 aliphatic rings. The van der Waals surface area contributed by atoms with Gasteiger partial charge in [-0.1, -0.05) is 58.0 Å². The molecule has 0 spiro atoms. The van der Waals surface area contributed by atoms with Gasteiger partial charge in [-0.3, -0.25) is 19.2 Å². The van der Waals surface area contributed by atoms with Gasteiger partial charge in [-0.15, -0.1) is 0 Å². The van der Waals surface area contributed by atoms with E-state index in [4.69, 9.17) is 5.11 Å². The molecule has 0 fully saturated rings. The minimum atomic E-state index is -1.40. The lowest BCUT2D eigenvalue weighted by Crippen LogP contribution is -2.49. The molecule has 3 amide bonds. The fourth-order valence-corrected chi connectivity index (χ4v) is 6.15. The Kier molecular flexibility index (Phi) is 15.6. The number of carbonyl (C=O) groups is 5. The van der Waals surface area contributed by atoms with E-state index in [9.17, 15) is 38.6 Å². The summed E-state index contributed by atoms with van der Waals surface area (Å²) < 4.78 is 31.2. The van der Waals surface area contributed by atoms with Gasteiger partial charge in [-0.2, -0.15) is 0 Å². The van der Waals surface area contributed by atoms with Crippen LogP contribution in [0.5, 0.6) is 0 Å². The number of carbonyl (C=O) groups excluding carboxylic acids is 3. The average Bonchev–Trinajstić information content (AvgIpc) is 3.50. The molecular formula is C38H49F2N5O8. The standard InChI is InChI=1S/C38H49F2N5O8/c1-5-41-29(36(51)42-17-15-32(47)43-30(37(52)53)13-14-34(49)50)16-18-45(33(48)23-46)35(38(2,3)4)31-19-25(27-20-26(39)11-12-28(27)40)22-44(31)21-24-9-7-6-8-10-24/h6-12,19-20,22,29-30,35,41,46H,5,13-18,21,23H2,1-4H3,(H,42,51)(H,43,47)(H,49,50)(H,52,53). The Morgan fingerprint density at radius 3 is 2.23 bits per heavy atom. The first-order chi connectivity index (χ1) is 25.0. The number of aliphatic hydroxyl groups excluding tert-OH is 1. The fraction of sp³-hybridized carbons (Fsp3) is 0.447. The molecule has 3 atom stereocenters. The van der Waals surface area contributed by atoms with Crippen LogP contribution in [0.25, 0.3) is 11.1 Å². The molecule has 53 heavy (non-hydrogen) atoms. The predicted octanol–water partition coefficient (Wildman–Crippen LogP) is 3.70. The van der Waals surface area contributed by atoms with Gasteiger partial charge >= 0.3 is 11.9 Å². The van der Waals surface area contributed by atoms with E-state index in [0.717, 1.165) is 23.8 Å². The number of carboxylic acids is 2. The van der Waals surface area contributed by atoms with E-state index in [1.807, 2.05) is 55.7 Å². The van der Waals surface area contributed by atoms with Crippen molar-refractivity contribution < 1.29 is 48.1 Å². The number of aliphatic carboxylic acids is 2. The second kappa shape index (κ2) is 19.6. The van der Waals surface area contributed by atoms with Gasteiger partial charge < -0.3 is 40.7 Å². The van der Waals surface area contributed by atoms with Gasteiger partial charge in [0.2, 0.25) is 17.7 Å². The van der Waals surface area contributed by atoms with Crippen molar-refractivity contribution in [2.45, 2.75) is 78.0 Å². The molecule has 1 heterocycles. The van der Waals surface area contributed by atoms with Crippen molar-refractivity contribution in [3.63, 3.8) is 0 Å². The SMILES string of the molecule is CCNC(CCN(C(=O)CO)C(c1cc(-c2cc(F)ccc2F)cn1Cc1ccccc1)C(C)(C)C)C(=O)NCCC(=O)NC(CCC(=O)O)C(=O)O. The van der Waals surface area contributed by atoms with E-state index in [1.165, 1.54) is 4.90 Å². The van der Waals surface area contributed by atoms with Crippen molar-refractivity contribution in [1.82, 2.24) is 25.4 Å². The number of aliphatic hydroxyl groups is 1. The molecule has 0 saturated heterocycles. The molecule has 3 unspecified atom stereocenters. The van der Waals surface area contributed by atoms with E-state index in [1.54, 1.807) is 19.2 Å². The summed E-state index contributed by atoms with van der Waals surface area (Å²) in [6.45, 7) is 7.26. The number of nitrogens with one attached hydrogen (secondary N) is 3. The minimum Gasteiger partial charge on any atom is -0.481 e. The Hall–Kier alpha value is -5.15. The van der Waals surface area contributed by atoms with Gasteiger partial charge in [0.05, 0.1) is 12.1 Å². The number of benzene rings is 2. The molecule has 0 saturated carbocycles. The Balaban J connectivity index is 1.88. The molecule has 2 aromatic carbocycles. The lowest BCUT2D eigenvalue weighted by molar-refractivity contribution is -0.143. The van der Waals surface area contributed by atoms with E-state index in [2.05, 4.69) is 16.0 Å². The fourth-order valence-electron chi connectivity index (χ4n) is 6.15. The molecule has 3 rings (SSSR count). The van der Waals surface area contributed by atoms with Crippen molar-refractivity contribution in [2.24, 2.45) is 5.41 Å². The highest BCUT2D eigenvalue weighted by molar-refractivity contribution is 5.85. The molecule has 288 valence electrons. The molecule has 1 aromatic heterocycles. The lowest BCUT2D eigenvalue weighted by Gasteiger charge is -2.41.